The molecule has 2 aromatic carbocycles. The number of nitrogens with one attached hydrogen (secondary N) is 1. The number of aliphatic hydroxyl groups excluding tert-OH is 1. The Bertz CT molecular complexity index is 871. The Balaban J connectivity index is 1.70. The maximum absolute atomic E-state index is 13.0. The molecule has 0 aliphatic heterocycles. The third kappa shape index (κ3) is 5.08. The number of aliphatic hydroxyl groups is 1. The van der Waals surface area contributed by atoms with Gasteiger partial charge in [0.15, 0.2) is 0 Å². The van der Waals surface area contributed by atoms with Crippen LogP contribution in [0.25, 0.3) is 0 Å². The highest BCUT2D eigenvalue weighted by Crippen LogP contribution is 2.13. The molecule has 0 bridgehead atoms. The highest BCUT2D eigenvalue weighted by atomic mass is 19.1. The van der Waals surface area contributed by atoms with E-state index in [2.05, 4.69) is 15.3 Å². The van der Waals surface area contributed by atoms with Crippen molar-refractivity contribution in [2.75, 3.05) is 18.5 Å². The van der Waals surface area contributed by atoms with Gasteiger partial charge in [0.05, 0.1) is 12.2 Å². The summed E-state index contributed by atoms with van der Waals surface area (Å²) in [6.07, 6.45) is 2.88. The fourth-order valence-corrected chi connectivity index (χ4v) is 2.52. The van der Waals surface area contributed by atoms with Crippen LogP contribution in [0.2, 0.25) is 0 Å². The third-order valence-corrected chi connectivity index (χ3v) is 3.87. The first kappa shape index (κ1) is 18.5. The summed E-state index contributed by atoms with van der Waals surface area (Å²) in [5, 5.41) is 12.3. The van der Waals surface area contributed by atoms with Crippen molar-refractivity contribution in [3.63, 3.8) is 0 Å². The highest BCUT2D eigenvalue weighted by molar-refractivity contribution is 5.93. The number of halogens is 1. The van der Waals surface area contributed by atoms with Gasteiger partial charge in [-0.1, -0.05) is 30.3 Å². The lowest BCUT2D eigenvalue weighted by Gasteiger charge is -2.21. The first-order valence-electron chi connectivity index (χ1n) is 8.44. The zero-order valence-corrected chi connectivity index (χ0v) is 14.5. The summed E-state index contributed by atoms with van der Waals surface area (Å²) in [6, 6.07) is 15.3. The molecule has 0 spiro atoms. The van der Waals surface area contributed by atoms with E-state index in [-0.39, 0.29) is 31.4 Å². The van der Waals surface area contributed by atoms with Crippen molar-refractivity contribution < 1.29 is 14.3 Å². The molecular formula is C20H19FN4O2. The smallest absolute Gasteiger partial charge is 0.257 e. The van der Waals surface area contributed by atoms with E-state index in [1.54, 1.807) is 12.1 Å². The zero-order valence-electron chi connectivity index (χ0n) is 14.5. The van der Waals surface area contributed by atoms with Gasteiger partial charge in [0, 0.05) is 31.2 Å². The van der Waals surface area contributed by atoms with Crippen molar-refractivity contribution in [3.05, 3.63) is 83.9 Å². The van der Waals surface area contributed by atoms with Crippen LogP contribution in [0.3, 0.4) is 0 Å². The van der Waals surface area contributed by atoms with Crippen molar-refractivity contribution in [1.82, 2.24) is 14.9 Å². The summed E-state index contributed by atoms with van der Waals surface area (Å²) >= 11 is 0. The number of nitrogens with zero attached hydrogens (tertiary/aromatic N) is 3. The maximum atomic E-state index is 13.0. The predicted octanol–water partition coefficient (Wildman–Crippen LogP) is 2.99. The van der Waals surface area contributed by atoms with Crippen LogP contribution in [-0.4, -0.2) is 39.0 Å². The zero-order chi connectivity index (χ0) is 19.1. The number of rotatable bonds is 7. The minimum Gasteiger partial charge on any atom is -0.395 e. The van der Waals surface area contributed by atoms with Gasteiger partial charge in [-0.15, -0.1) is 0 Å². The topological polar surface area (TPSA) is 78.4 Å². The molecule has 0 aliphatic rings. The monoisotopic (exact) mass is 366 g/mol. The highest BCUT2D eigenvalue weighted by Gasteiger charge is 2.17. The lowest BCUT2D eigenvalue weighted by atomic mass is 10.2. The number of para-hydroxylation sites is 1. The molecule has 27 heavy (non-hydrogen) atoms. The summed E-state index contributed by atoms with van der Waals surface area (Å²) in [5.41, 5.74) is 1.92. The molecule has 3 rings (SSSR count). The lowest BCUT2D eigenvalue weighted by molar-refractivity contribution is 0.0707. The average Bonchev–Trinajstić information content (AvgIpc) is 2.70. The van der Waals surface area contributed by atoms with Crippen LogP contribution >= 0.6 is 0 Å². The Morgan fingerprint density at radius 3 is 2.33 bits per heavy atom. The second kappa shape index (κ2) is 8.86. The maximum Gasteiger partial charge on any atom is 0.257 e. The summed E-state index contributed by atoms with van der Waals surface area (Å²) in [5.74, 6) is -0.265. The fraction of sp³-hybridized carbons (Fsp3) is 0.150. The quantitative estimate of drug-likeness (QED) is 0.672. The van der Waals surface area contributed by atoms with Gasteiger partial charge in [-0.05, 0) is 29.8 Å². The normalized spacial score (nSPS) is 10.4. The summed E-state index contributed by atoms with van der Waals surface area (Å²) < 4.78 is 13.0. The average molecular weight is 366 g/mol. The van der Waals surface area contributed by atoms with Crippen molar-refractivity contribution in [1.29, 1.82) is 0 Å². The SMILES string of the molecule is O=C(c1cnc(Nc2ccccc2)nc1)N(CCO)Cc1ccc(F)cc1. The van der Waals surface area contributed by atoms with E-state index in [4.69, 9.17) is 0 Å². The van der Waals surface area contributed by atoms with Crippen molar-refractivity contribution in [2.45, 2.75) is 6.54 Å². The number of hydrogen-bond donors (Lipinski definition) is 2. The standard InChI is InChI=1S/C20H19FN4O2/c21-17-8-6-15(7-9-17)14-25(10-11-26)19(27)16-12-22-20(23-13-16)24-18-4-2-1-3-5-18/h1-9,12-13,26H,10-11,14H2,(H,22,23,24). The van der Waals surface area contributed by atoms with Gasteiger partial charge in [0.2, 0.25) is 5.95 Å². The van der Waals surface area contributed by atoms with E-state index in [1.807, 2.05) is 30.3 Å². The second-order valence-electron chi connectivity index (χ2n) is 5.86. The number of anilines is 2. The van der Waals surface area contributed by atoms with Gasteiger partial charge in [0.1, 0.15) is 5.82 Å². The van der Waals surface area contributed by atoms with Gasteiger partial charge >= 0.3 is 0 Å². The Hall–Kier alpha value is -3.32. The molecule has 6 nitrogen and oxygen atoms in total. The Morgan fingerprint density at radius 1 is 1.04 bits per heavy atom. The molecule has 7 heteroatoms. The van der Waals surface area contributed by atoms with E-state index < -0.39 is 0 Å². The minimum absolute atomic E-state index is 0.153. The van der Waals surface area contributed by atoms with Gasteiger partial charge < -0.3 is 15.3 Å². The first-order chi connectivity index (χ1) is 13.2. The molecule has 2 N–H and O–H groups in total. The molecule has 0 saturated heterocycles. The van der Waals surface area contributed by atoms with Crippen LogP contribution in [0.1, 0.15) is 15.9 Å². The van der Waals surface area contributed by atoms with E-state index in [9.17, 15) is 14.3 Å². The Morgan fingerprint density at radius 2 is 1.70 bits per heavy atom. The van der Waals surface area contributed by atoms with Crippen LogP contribution in [0.15, 0.2) is 67.0 Å². The van der Waals surface area contributed by atoms with Crippen molar-refractivity contribution >= 4 is 17.5 Å². The molecular weight excluding hydrogens is 347 g/mol. The van der Waals surface area contributed by atoms with Crippen LogP contribution in [0.4, 0.5) is 16.0 Å². The molecule has 0 unspecified atom stereocenters. The molecule has 1 heterocycles. The van der Waals surface area contributed by atoms with Crippen LogP contribution in [0.5, 0.6) is 0 Å². The number of hydrogen-bond acceptors (Lipinski definition) is 5. The van der Waals surface area contributed by atoms with E-state index in [1.165, 1.54) is 29.4 Å². The largest absolute Gasteiger partial charge is 0.395 e. The predicted molar refractivity (Wildman–Crippen MR) is 100.0 cm³/mol. The van der Waals surface area contributed by atoms with Crippen LogP contribution in [-0.2, 0) is 6.54 Å². The molecule has 3 aromatic rings. The molecule has 1 amide bonds. The minimum atomic E-state index is -0.339. The molecule has 0 saturated carbocycles. The summed E-state index contributed by atoms with van der Waals surface area (Å²) in [6.45, 7) is 0.228. The van der Waals surface area contributed by atoms with Crippen LogP contribution in [0, 0.1) is 5.82 Å². The number of amides is 1. The Kier molecular flexibility index (Phi) is 6.06. The Labute approximate surface area is 156 Å². The van der Waals surface area contributed by atoms with Gasteiger partial charge in [-0.3, -0.25) is 4.79 Å². The van der Waals surface area contributed by atoms with Gasteiger partial charge in [0.25, 0.3) is 5.91 Å². The summed E-state index contributed by atoms with van der Waals surface area (Å²) in [7, 11) is 0. The fourth-order valence-electron chi connectivity index (χ4n) is 2.52. The molecule has 138 valence electrons. The summed E-state index contributed by atoms with van der Waals surface area (Å²) in [4.78, 5) is 22.5. The molecule has 0 fully saturated rings. The first-order valence-corrected chi connectivity index (χ1v) is 8.44. The van der Waals surface area contributed by atoms with Crippen molar-refractivity contribution in [3.8, 4) is 0 Å². The van der Waals surface area contributed by atoms with Crippen LogP contribution < -0.4 is 5.32 Å². The van der Waals surface area contributed by atoms with Crippen molar-refractivity contribution in [2.24, 2.45) is 0 Å². The number of carbonyl (C=O) groups is 1. The molecule has 0 radical (unpaired) electrons. The van der Waals surface area contributed by atoms with E-state index in [0.717, 1.165) is 11.3 Å². The number of benzene rings is 2. The third-order valence-electron chi connectivity index (χ3n) is 3.87. The molecule has 0 aliphatic carbocycles. The lowest BCUT2D eigenvalue weighted by Crippen LogP contribution is -2.33. The van der Waals surface area contributed by atoms with Gasteiger partial charge in [-0.25, -0.2) is 14.4 Å². The van der Waals surface area contributed by atoms with E-state index >= 15 is 0 Å². The van der Waals surface area contributed by atoms with Gasteiger partial charge in [-0.2, -0.15) is 0 Å². The number of aromatic nitrogens is 2. The molecule has 1 aromatic heterocycles. The number of carbonyl (C=O) groups excluding carboxylic acids is 1. The van der Waals surface area contributed by atoms with E-state index in [0.29, 0.717) is 11.5 Å². The second-order valence-corrected chi connectivity index (χ2v) is 5.86. The molecule has 0 atom stereocenters.